The fourth-order valence-corrected chi connectivity index (χ4v) is 2.11. The van der Waals surface area contributed by atoms with Gasteiger partial charge in [-0.15, -0.1) is 0 Å². The van der Waals surface area contributed by atoms with E-state index in [0.29, 0.717) is 25.1 Å². The van der Waals surface area contributed by atoms with Gasteiger partial charge in [-0.3, -0.25) is 9.59 Å². The molecule has 0 aliphatic heterocycles. The maximum atomic E-state index is 12.0. The molecule has 0 heterocycles. The summed E-state index contributed by atoms with van der Waals surface area (Å²) in [5.41, 5.74) is 0.457. The average molecular weight is 364 g/mol. The summed E-state index contributed by atoms with van der Waals surface area (Å²) in [5.74, 6) is -0.692. The highest BCUT2D eigenvalue weighted by atomic mass is 16.5. The second-order valence-corrected chi connectivity index (χ2v) is 7.15. The van der Waals surface area contributed by atoms with Crippen molar-refractivity contribution in [1.82, 2.24) is 10.6 Å². The number of carboxylic acid groups (broad SMARTS) is 1. The van der Waals surface area contributed by atoms with E-state index >= 15 is 0 Å². The van der Waals surface area contributed by atoms with E-state index in [1.54, 1.807) is 24.3 Å². The predicted octanol–water partition coefficient (Wildman–Crippen LogP) is 2.27. The van der Waals surface area contributed by atoms with Crippen molar-refractivity contribution in [3.8, 4) is 5.75 Å². The summed E-state index contributed by atoms with van der Waals surface area (Å²) in [4.78, 5) is 34.2. The smallest absolute Gasteiger partial charge is 0.341 e. The van der Waals surface area contributed by atoms with Crippen LogP contribution in [0.25, 0.3) is 0 Å². The summed E-state index contributed by atoms with van der Waals surface area (Å²) in [6.45, 7) is 7.47. The van der Waals surface area contributed by atoms with Gasteiger partial charge in [0.2, 0.25) is 11.8 Å². The molecule has 0 aromatic heterocycles. The molecule has 0 bridgehead atoms. The lowest BCUT2D eigenvalue weighted by Crippen LogP contribution is -2.36. The van der Waals surface area contributed by atoms with Crippen LogP contribution < -0.4 is 15.4 Å². The summed E-state index contributed by atoms with van der Waals surface area (Å²) < 4.78 is 5.07. The van der Waals surface area contributed by atoms with Gasteiger partial charge in [0.15, 0.2) is 6.61 Å². The number of amides is 2. The summed E-state index contributed by atoms with van der Waals surface area (Å²) in [6, 6.07) is 6.73. The van der Waals surface area contributed by atoms with Crippen molar-refractivity contribution in [1.29, 1.82) is 0 Å². The van der Waals surface area contributed by atoms with Gasteiger partial charge >= 0.3 is 5.97 Å². The average Bonchev–Trinajstić information content (AvgIpc) is 2.56. The number of hydrogen-bond donors (Lipinski definition) is 3. The van der Waals surface area contributed by atoms with Crippen LogP contribution in [0.1, 0.15) is 52.1 Å². The van der Waals surface area contributed by atoms with Crippen LogP contribution in [0.3, 0.4) is 0 Å². The maximum Gasteiger partial charge on any atom is 0.341 e. The third-order valence-corrected chi connectivity index (χ3v) is 3.67. The molecule has 1 aromatic carbocycles. The molecule has 3 N–H and O–H groups in total. The SMILES string of the molecule is CC(NC(=O)CCCNC(=O)C(C)(C)C)c1ccc(OCC(=O)O)cc1. The summed E-state index contributed by atoms with van der Waals surface area (Å²) in [7, 11) is 0. The third-order valence-electron chi connectivity index (χ3n) is 3.67. The van der Waals surface area contributed by atoms with E-state index in [1.165, 1.54) is 0 Å². The molecule has 0 fully saturated rings. The summed E-state index contributed by atoms with van der Waals surface area (Å²) in [6.07, 6.45) is 0.900. The van der Waals surface area contributed by atoms with Crippen molar-refractivity contribution in [2.24, 2.45) is 5.41 Å². The van der Waals surface area contributed by atoms with Gasteiger partial charge in [-0.1, -0.05) is 32.9 Å². The molecule has 144 valence electrons. The zero-order valence-electron chi connectivity index (χ0n) is 15.8. The van der Waals surface area contributed by atoms with Crippen LogP contribution >= 0.6 is 0 Å². The summed E-state index contributed by atoms with van der Waals surface area (Å²) in [5, 5.41) is 14.3. The highest BCUT2D eigenvalue weighted by molar-refractivity contribution is 5.81. The molecule has 0 saturated heterocycles. The first kappa shape index (κ1) is 21.5. The van der Waals surface area contributed by atoms with Gasteiger partial charge in [-0.2, -0.15) is 0 Å². The Hall–Kier alpha value is -2.57. The van der Waals surface area contributed by atoms with E-state index in [0.717, 1.165) is 5.56 Å². The predicted molar refractivity (Wildman–Crippen MR) is 97.8 cm³/mol. The largest absolute Gasteiger partial charge is 0.482 e. The van der Waals surface area contributed by atoms with Gasteiger partial charge in [-0.25, -0.2) is 4.79 Å². The molecule has 0 aliphatic carbocycles. The van der Waals surface area contributed by atoms with E-state index in [2.05, 4.69) is 10.6 Å². The van der Waals surface area contributed by atoms with Crippen LogP contribution in [0.4, 0.5) is 0 Å². The van der Waals surface area contributed by atoms with Crippen molar-refractivity contribution in [3.63, 3.8) is 0 Å². The molecule has 26 heavy (non-hydrogen) atoms. The zero-order chi connectivity index (χ0) is 19.7. The van der Waals surface area contributed by atoms with E-state index in [9.17, 15) is 14.4 Å². The van der Waals surface area contributed by atoms with Gasteiger partial charge in [0.25, 0.3) is 0 Å². The number of rotatable bonds is 9. The Labute approximate surface area is 154 Å². The molecule has 0 spiro atoms. The van der Waals surface area contributed by atoms with Crippen LogP contribution in [0, 0.1) is 5.41 Å². The van der Waals surface area contributed by atoms with Crippen molar-refractivity contribution in [2.45, 2.75) is 46.6 Å². The molecule has 0 saturated carbocycles. The van der Waals surface area contributed by atoms with E-state index < -0.39 is 18.0 Å². The normalized spacial score (nSPS) is 12.2. The molecular formula is C19H28N2O5. The molecule has 1 rings (SSSR count). The minimum atomic E-state index is -1.03. The first-order valence-corrected chi connectivity index (χ1v) is 8.62. The number of aliphatic carboxylic acids is 1. The quantitative estimate of drug-likeness (QED) is 0.583. The van der Waals surface area contributed by atoms with Crippen LogP contribution in [0.2, 0.25) is 0 Å². The Morgan fingerprint density at radius 3 is 2.31 bits per heavy atom. The molecule has 0 radical (unpaired) electrons. The lowest BCUT2D eigenvalue weighted by molar-refractivity contribution is -0.139. The molecule has 0 aliphatic rings. The maximum absolute atomic E-state index is 12.0. The molecule has 1 atom stereocenters. The van der Waals surface area contributed by atoms with Crippen molar-refractivity contribution in [3.05, 3.63) is 29.8 Å². The second kappa shape index (κ2) is 9.79. The minimum absolute atomic E-state index is 0.0310. The third kappa shape index (κ3) is 8.00. The Bertz CT molecular complexity index is 620. The lowest BCUT2D eigenvalue weighted by atomic mass is 9.96. The Balaban J connectivity index is 2.35. The number of carbonyl (C=O) groups excluding carboxylic acids is 2. The van der Waals surface area contributed by atoms with Crippen LogP contribution in [0.15, 0.2) is 24.3 Å². The number of nitrogens with one attached hydrogen (secondary N) is 2. The Morgan fingerprint density at radius 2 is 1.77 bits per heavy atom. The Kier molecular flexibility index (Phi) is 8.09. The topological polar surface area (TPSA) is 105 Å². The highest BCUT2D eigenvalue weighted by Crippen LogP contribution is 2.18. The van der Waals surface area contributed by atoms with E-state index in [4.69, 9.17) is 9.84 Å². The first-order valence-electron chi connectivity index (χ1n) is 8.62. The minimum Gasteiger partial charge on any atom is -0.482 e. The van der Waals surface area contributed by atoms with Crippen molar-refractivity contribution < 1.29 is 24.2 Å². The first-order chi connectivity index (χ1) is 12.1. The van der Waals surface area contributed by atoms with Crippen LogP contribution in [0.5, 0.6) is 5.75 Å². The van der Waals surface area contributed by atoms with Gasteiger partial charge in [0, 0.05) is 18.4 Å². The highest BCUT2D eigenvalue weighted by Gasteiger charge is 2.20. The van der Waals surface area contributed by atoms with Gasteiger partial charge in [0.05, 0.1) is 6.04 Å². The fraction of sp³-hybridized carbons (Fsp3) is 0.526. The lowest BCUT2D eigenvalue weighted by Gasteiger charge is -2.18. The Morgan fingerprint density at radius 1 is 1.15 bits per heavy atom. The van der Waals surface area contributed by atoms with Gasteiger partial charge in [0.1, 0.15) is 5.75 Å². The van der Waals surface area contributed by atoms with E-state index in [-0.39, 0.29) is 17.9 Å². The number of benzene rings is 1. The van der Waals surface area contributed by atoms with Crippen LogP contribution in [-0.2, 0) is 14.4 Å². The molecule has 7 heteroatoms. The number of ether oxygens (including phenoxy) is 1. The monoisotopic (exact) mass is 364 g/mol. The van der Waals surface area contributed by atoms with Gasteiger partial charge in [-0.05, 0) is 31.0 Å². The molecule has 7 nitrogen and oxygen atoms in total. The molecular weight excluding hydrogens is 336 g/mol. The fourth-order valence-electron chi connectivity index (χ4n) is 2.11. The standard InChI is InChI=1S/C19H28N2O5/c1-13(14-7-9-15(10-8-14)26-12-17(23)24)21-16(22)6-5-11-20-18(25)19(2,3)4/h7-10,13H,5-6,11-12H2,1-4H3,(H,20,25)(H,21,22)(H,23,24). The number of carboxylic acids is 1. The summed E-state index contributed by atoms with van der Waals surface area (Å²) >= 11 is 0. The number of hydrogen-bond acceptors (Lipinski definition) is 4. The van der Waals surface area contributed by atoms with Crippen LogP contribution in [-0.4, -0.2) is 36.0 Å². The number of carbonyl (C=O) groups is 3. The zero-order valence-corrected chi connectivity index (χ0v) is 15.8. The van der Waals surface area contributed by atoms with Gasteiger partial charge < -0.3 is 20.5 Å². The second-order valence-electron chi connectivity index (χ2n) is 7.15. The van der Waals surface area contributed by atoms with Crippen molar-refractivity contribution in [2.75, 3.05) is 13.2 Å². The molecule has 1 aromatic rings. The van der Waals surface area contributed by atoms with E-state index in [1.807, 2.05) is 27.7 Å². The van der Waals surface area contributed by atoms with Crippen molar-refractivity contribution >= 4 is 17.8 Å². The molecule has 1 unspecified atom stereocenters. The molecule has 2 amide bonds.